The molecular weight excluding hydrogens is 148 g/mol. The van der Waals surface area contributed by atoms with Crippen molar-refractivity contribution >= 4 is 5.78 Å². The van der Waals surface area contributed by atoms with Gasteiger partial charge in [-0.05, 0) is 25.5 Å². The van der Waals surface area contributed by atoms with Crippen LogP contribution in [0.25, 0.3) is 0 Å². The fraction of sp³-hybridized carbons (Fsp3) is 0.182. The fourth-order valence-electron chi connectivity index (χ4n) is 0.503. The van der Waals surface area contributed by atoms with Gasteiger partial charge in [-0.15, -0.1) is 6.42 Å². The van der Waals surface area contributed by atoms with Crippen LogP contribution in [0.4, 0.5) is 0 Å². The van der Waals surface area contributed by atoms with Crippen LogP contribution in [0.3, 0.4) is 0 Å². The maximum absolute atomic E-state index is 10.4. The highest BCUT2D eigenvalue weighted by molar-refractivity contribution is 5.87. The molecule has 0 aromatic rings. The largest absolute Gasteiger partial charge is 0.295 e. The van der Waals surface area contributed by atoms with Gasteiger partial charge < -0.3 is 0 Å². The zero-order valence-corrected chi connectivity index (χ0v) is 7.37. The maximum Gasteiger partial charge on any atom is 0.152 e. The third kappa shape index (κ3) is 6.57. The Morgan fingerprint density at radius 2 is 1.92 bits per heavy atom. The average Bonchev–Trinajstić information content (AvgIpc) is 2.03. The molecular formula is C11H12O. The smallest absolute Gasteiger partial charge is 0.152 e. The first-order valence-corrected chi connectivity index (χ1v) is 3.65. The number of carbonyl (C=O) groups is 1. The Kier molecular flexibility index (Phi) is 5.38. The molecule has 0 N–H and O–H groups in total. The molecule has 0 unspecified atom stereocenters. The second-order valence-electron chi connectivity index (χ2n) is 2.35. The highest BCUT2D eigenvalue weighted by Crippen LogP contribution is 1.89. The molecule has 0 aromatic carbocycles. The summed E-state index contributed by atoms with van der Waals surface area (Å²) in [6, 6.07) is 0. The topological polar surface area (TPSA) is 17.1 Å². The van der Waals surface area contributed by atoms with Gasteiger partial charge >= 0.3 is 0 Å². The lowest BCUT2D eigenvalue weighted by Gasteiger charge is -1.80. The van der Waals surface area contributed by atoms with Gasteiger partial charge in [0.05, 0.1) is 0 Å². The van der Waals surface area contributed by atoms with E-state index in [2.05, 4.69) is 5.92 Å². The van der Waals surface area contributed by atoms with Crippen molar-refractivity contribution in [3.05, 3.63) is 36.0 Å². The molecule has 0 aliphatic heterocycles. The van der Waals surface area contributed by atoms with Crippen LogP contribution < -0.4 is 0 Å². The predicted molar refractivity (Wildman–Crippen MR) is 51.6 cm³/mol. The summed E-state index contributed by atoms with van der Waals surface area (Å²) < 4.78 is 0. The normalized spacial score (nSPS) is 12.2. The van der Waals surface area contributed by atoms with Gasteiger partial charge in [-0.2, -0.15) is 0 Å². The van der Waals surface area contributed by atoms with Crippen molar-refractivity contribution in [1.82, 2.24) is 0 Å². The molecule has 1 heteroatoms. The zero-order chi connectivity index (χ0) is 9.40. The molecule has 0 spiro atoms. The van der Waals surface area contributed by atoms with E-state index in [1.165, 1.54) is 13.0 Å². The first-order chi connectivity index (χ1) is 5.66. The molecule has 12 heavy (non-hydrogen) atoms. The Morgan fingerprint density at radius 3 is 2.42 bits per heavy atom. The Hall–Kier alpha value is -1.55. The number of hydrogen-bond acceptors (Lipinski definition) is 1. The summed E-state index contributed by atoms with van der Waals surface area (Å²) in [5.74, 6) is 2.52. The molecule has 0 saturated heterocycles. The van der Waals surface area contributed by atoms with E-state index in [0.29, 0.717) is 0 Å². The maximum atomic E-state index is 10.4. The molecule has 0 fully saturated rings. The van der Waals surface area contributed by atoms with E-state index in [9.17, 15) is 4.79 Å². The lowest BCUT2D eigenvalue weighted by Crippen LogP contribution is -1.77. The zero-order valence-electron chi connectivity index (χ0n) is 7.37. The highest BCUT2D eigenvalue weighted by atomic mass is 16.1. The van der Waals surface area contributed by atoms with Gasteiger partial charge in [0.15, 0.2) is 5.78 Å². The van der Waals surface area contributed by atoms with E-state index >= 15 is 0 Å². The van der Waals surface area contributed by atoms with Crippen molar-refractivity contribution in [2.75, 3.05) is 0 Å². The van der Waals surface area contributed by atoms with E-state index in [1.807, 2.05) is 13.0 Å². The summed E-state index contributed by atoms with van der Waals surface area (Å²) in [6.45, 7) is 3.35. The minimum absolute atomic E-state index is 0.0392. The van der Waals surface area contributed by atoms with Crippen molar-refractivity contribution in [1.29, 1.82) is 0 Å². The number of ketones is 1. The van der Waals surface area contributed by atoms with Gasteiger partial charge in [-0.3, -0.25) is 4.79 Å². The summed E-state index contributed by atoms with van der Waals surface area (Å²) in [4.78, 5) is 10.4. The quantitative estimate of drug-likeness (QED) is 0.351. The molecule has 0 aliphatic rings. The molecule has 0 atom stereocenters. The summed E-state index contributed by atoms with van der Waals surface area (Å²) >= 11 is 0. The van der Waals surface area contributed by atoms with E-state index < -0.39 is 0 Å². The Morgan fingerprint density at radius 1 is 1.25 bits per heavy atom. The van der Waals surface area contributed by atoms with Gasteiger partial charge in [0, 0.05) is 0 Å². The first-order valence-electron chi connectivity index (χ1n) is 3.65. The van der Waals surface area contributed by atoms with Crippen molar-refractivity contribution in [3.8, 4) is 12.3 Å². The van der Waals surface area contributed by atoms with Crippen LogP contribution in [0.2, 0.25) is 0 Å². The van der Waals surface area contributed by atoms with Crippen LogP contribution in [0.5, 0.6) is 0 Å². The molecule has 0 aromatic heterocycles. The third-order valence-corrected chi connectivity index (χ3v) is 1.13. The third-order valence-electron chi connectivity index (χ3n) is 1.13. The molecule has 0 aliphatic carbocycles. The van der Waals surface area contributed by atoms with Gasteiger partial charge in [0.2, 0.25) is 0 Å². The van der Waals surface area contributed by atoms with Crippen LogP contribution >= 0.6 is 0 Å². The van der Waals surface area contributed by atoms with E-state index in [4.69, 9.17) is 6.42 Å². The van der Waals surface area contributed by atoms with Gasteiger partial charge in [-0.25, -0.2) is 0 Å². The van der Waals surface area contributed by atoms with Gasteiger partial charge in [-0.1, -0.05) is 30.2 Å². The van der Waals surface area contributed by atoms with E-state index in [-0.39, 0.29) is 5.78 Å². The monoisotopic (exact) mass is 160 g/mol. The lowest BCUT2D eigenvalue weighted by atomic mass is 10.3. The number of rotatable bonds is 3. The summed E-state index contributed by atoms with van der Waals surface area (Å²) in [5, 5.41) is 0. The minimum atomic E-state index is 0.0392. The second-order valence-corrected chi connectivity index (χ2v) is 2.35. The second kappa shape index (κ2) is 6.18. The van der Waals surface area contributed by atoms with Crippen LogP contribution in [0.1, 0.15) is 13.8 Å². The summed E-state index contributed by atoms with van der Waals surface area (Å²) in [6.07, 6.45) is 13.7. The van der Waals surface area contributed by atoms with Crippen LogP contribution in [0, 0.1) is 12.3 Å². The van der Waals surface area contributed by atoms with Gasteiger partial charge in [0.25, 0.3) is 0 Å². The van der Waals surface area contributed by atoms with Crippen molar-refractivity contribution in [2.45, 2.75) is 13.8 Å². The van der Waals surface area contributed by atoms with E-state index in [0.717, 1.165) is 5.57 Å². The average molecular weight is 160 g/mol. The highest BCUT2D eigenvalue weighted by Gasteiger charge is 1.76. The summed E-state index contributed by atoms with van der Waals surface area (Å²) in [7, 11) is 0. The number of hydrogen-bond donors (Lipinski definition) is 0. The summed E-state index contributed by atoms with van der Waals surface area (Å²) in [5.41, 5.74) is 0.863. The van der Waals surface area contributed by atoms with E-state index in [1.54, 1.807) is 18.2 Å². The number of carbonyl (C=O) groups excluding carboxylic acids is 1. The molecule has 0 amide bonds. The molecule has 0 saturated carbocycles. The van der Waals surface area contributed by atoms with Crippen LogP contribution in [0.15, 0.2) is 36.0 Å². The predicted octanol–water partition coefficient (Wildman–Crippen LogP) is 2.27. The van der Waals surface area contributed by atoms with Crippen LogP contribution in [-0.2, 0) is 4.79 Å². The number of terminal acetylenes is 1. The Labute approximate surface area is 73.5 Å². The molecule has 0 radical (unpaired) electrons. The van der Waals surface area contributed by atoms with Crippen molar-refractivity contribution < 1.29 is 4.79 Å². The lowest BCUT2D eigenvalue weighted by molar-refractivity contribution is -0.112. The Balaban J connectivity index is 3.96. The molecule has 1 nitrogen and oxygen atoms in total. The van der Waals surface area contributed by atoms with Crippen molar-refractivity contribution in [3.63, 3.8) is 0 Å². The van der Waals surface area contributed by atoms with Crippen molar-refractivity contribution in [2.24, 2.45) is 0 Å². The molecule has 0 heterocycles. The minimum Gasteiger partial charge on any atom is -0.295 e. The molecule has 0 bridgehead atoms. The molecule has 0 rings (SSSR count). The van der Waals surface area contributed by atoms with Crippen LogP contribution in [-0.4, -0.2) is 5.78 Å². The fourth-order valence-corrected chi connectivity index (χ4v) is 0.503. The molecule has 62 valence electrons. The Bertz CT molecular complexity index is 272. The standard InChI is InChI=1S/C11H12O/c1-4-10(2)8-6-5-7-9-11(3)12/h1,5-9H,2-3H3/b6-5+,9-7+,10-8-. The first kappa shape index (κ1) is 10.4. The number of allylic oxidation sites excluding steroid dienone is 6. The SMILES string of the molecule is C#C\C(C)=C/C=C/C=C/C(C)=O. The van der Waals surface area contributed by atoms with Gasteiger partial charge in [0.1, 0.15) is 0 Å².